The topological polar surface area (TPSA) is 35.5 Å². The number of ether oxygens (including phenoxy) is 2. The zero-order valence-corrected chi connectivity index (χ0v) is 12.6. The van der Waals surface area contributed by atoms with Gasteiger partial charge in [-0.15, -0.1) is 11.8 Å². The molecule has 0 heterocycles. The van der Waals surface area contributed by atoms with E-state index in [1.165, 1.54) is 32.0 Å². The Labute approximate surface area is 127 Å². The Kier molecular flexibility index (Phi) is 5.22. The van der Waals surface area contributed by atoms with Gasteiger partial charge in [0.15, 0.2) is 17.3 Å². The molecule has 2 rings (SSSR count). The maximum Gasteiger partial charge on any atom is 0.173 e. The van der Waals surface area contributed by atoms with Gasteiger partial charge in [-0.1, -0.05) is 12.1 Å². The Morgan fingerprint density at radius 3 is 2.48 bits per heavy atom. The number of thioether (sulfide) groups is 1. The van der Waals surface area contributed by atoms with Crippen LogP contribution in [0.5, 0.6) is 11.5 Å². The number of halogens is 1. The highest BCUT2D eigenvalue weighted by atomic mass is 32.2. The number of Topliss-reactive ketones (excluding diaryl/α,β-unsaturated/α-hetero) is 1. The molecule has 5 heteroatoms. The van der Waals surface area contributed by atoms with Crippen LogP contribution in [0.15, 0.2) is 47.4 Å². The first-order valence-corrected chi connectivity index (χ1v) is 7.27. The monoisotopic (exact) mass is 306 g/mol. The van der Waals surface area contributed by atoms with Crippen LogP contribution in [-0.4, -0.2) is 25.8 Å². The van der Waals surface area contributed by atoms with Crippen molar-refractivity contribution in [2.45, 2.75) is 4.90 Å². The molecule has 0 saturated carbocycles. The van der Waals surface area contributed by atoms with Crippen molar-refractivity contribution in [3.63, 3.8) is 0 Å². The number of hydrogen-bond donors (Lipinski definition) is 0. The van der Waals surface area contributed by atoms with E-state index in [2.05, 4.69) is 0 Å². The zero-order chi connectivity index (χ0) is 15.2. The molecule has 2 aromatic carbocycles. The third-order valence-corrected chi connectivity index (χ3v) is 3.95. The summed E-state index contributed by atoms with van der Waals surface area (Å²) in [5, 5.41) is 0. The van der Waals surface area contributed by atoms with Crippen molar-refractivity contribution in [3.8, 4) is 11.5 Å². The molecule has 0 bridgehead atoms. The molecular weight excluding hydrogens is 291 g/mol. The lowest BCUT2D eigenvalue weighted by Gasteiger charge is -2.09. The predicted molar refractivity (Wildman–Crippen MR) is 81.0 cm³/mol. The molecule has 0 amide bonds. The molecule has 2 aromatic rings. The summed E-state index contributed by atoms with van der Waals surface area (Å²) in [6, 6.07) is 11.4. The summed E-state index contributed by atoms with van der Waals surface area (Å²) in [4.78, 5) is 12.6. The molecule has 0 radical (unpaired) electrons. The van der Waals surface area contributed by atoms with Crippen LogP contribution in [0.4, 0.5) is 4.39 Å². The van der Waals surface area contributed by atoms with Crippen molar-refractivity contribution in [2.75, 3.05) is 20.0 Å². The number of rotatable bonds is 6. The van der Waals surface area contributed by atoms with Crippen molar-refractivity contribution in [1.29, 1.82) is 0 Å². The summed E-state index contributed by atoms with van der Waals surface area (Å²) < 4.78 is 23.8. The van der Waals surface area contributed by atoms with Gasteiger partial charge in [0.1, 0.15) is 5.82 Å². The molecule has 110 valence electrons. The van der Waals surface area contributed by atoms with E-state index in [-0.39, 0.29) is 17.4 Å². The molecule has 0 aliphatic rings. The molecule has 0 atom stereocenters. The van der Waals surface area contributed by atoms with Gasteiger partial charge in [0, 0.05) is 10.5 Å². The second-order valence-corrected chi connectivity index (χ2v) is 5.23. The van der Waals surface area contributed by atoms with Crippen molar-refractivity contribution >= 4 is 17.5 Å². The molecular formula is C16H15FO3S. The molecule has 0 aliphatic heterocycles. The minimum atomic E-state index is -0.317. The van der Waals surface area contributed by atoms with Crippen molar-refractivity contribution in [1.82, 2.24) is 0 Å². The lowest BCUT2D eigenvalue weighted by Crippen LogP contribution is -2.03. The van der Waals surface area contributed by atoms with E-state index in [9.17, 15) is 9.18 Å². The summed E-state index contributed by atoms with van der Waals surface area (Å²) in [7, 11) is 3.05. The second kappa shape index (κ2) is 7.13. The smallest absolute Gasteiger partial charge is 0.173 e. The maximum atomic E-state index is 13.5. The highest BCUT2D eigenvalue weighted by Gasteiger charge is 2.12. The van der Waals surface area contributed by atoms with Gasteiger partial charge in [-0.2, -0.15) is 0 Å². The standard InChI is InChI=1S/C16H15FO3S/c1-19-14-8-7-11(9-15(14)20-2)13(18)10-21-16-6-4-3-5-12(16)17/h3-9H,10H2,1-2H3. The highest BCUT2D eigenvalue weighted by Crippen LogP contribution is 2.29. The summed E-state index contributed by atoms with van der Waals surface area (Å²) >= 11 is 1.18. The Bertz CT molecular complexity index is 643. The average Bonchev–Trinajstić information content (AvgIpc) is 2.53. The Morgan fingerprint density at radius 2 is 1.81 bits per heavy atom. The molecule has 3 nitrogen and oxygen atoms in total. The minimum Gasteiger partial charge on any atom is -0.493 e. The maximum absolute atomic E-state index is 13.5. The first-order valence-electron chi connectivity index (χ1n) is 6.28. The van der Waals surface area contributed by atoms with Crippen LogP contribution in [0.2, 0.25) is 0 Å². The van der Waals surface area contributed by atoms with E-state index < -0.39 is 0 Å². The summed E-state index contributed by atoms with van der Waals surface area (Å²) in [6.07, 6.45) is 0. The van der Waals surface area contributed by atoms with Crippen LogP contribution in [0, 0.1) is 5.82 Å². The van der Waals surface area contributed by atoms with Gasteiger partial charge in [0.05, 0.1) is 20.0 Å². The lowest BCUT2D eigenvalue weighted by atomic mass is 10.1. The van der Waals surface area contributed by atoms with Gasteiger partial charge in [-0.3, -0.25) is 4.79 Å². The number of hydrogen-bond acceptors (Lipinski definition) is 4. The molecule has 0 aromatic heterocycles. The predicted octanol–water partition coefficient (Wildman–Crippen LogP) is 3.82. The number of carbonyl (C=O) groups is 1. The van der Waals surface area contributed by atoms with Crippen LogP contribution in [0.25, 0.3) is 0 Å². The number of benzene rings is 2. The largest absolute Gasteiger partial charge is 0.493 e. The van der Waals surface area contributed by atoms with Crippen molar-refractivity contribution in [3.05, 3.63) is 53.8 Å². The lowest BCUT2D eigenvalue weighted by molar-refractivity contribution is 0.102. The van der Waals surface area contributed by atoms with Crippen LogP contribution >= 0.6 is 11.8 Å². The van der Waals surface area contributed by atoms with E-state index in [1.807, 2.05) is 0 Å². The van der Waals surface area contributed by atoms with Gasteiger partial charge < -0.3 is 9.47 Å². The average molecular weight is 306 g/mol. The number of ketones is 1. The van der Waals surface area contributed by atoms with Gasteiger partial charge in [0.2, 0.25) is 0 Å². The van der Waals surface area contributed by atoms with Crippen LogP contribution in [-0.2, 0) is 0 Å². The number of methoxy groups -OCH3 is 2. The van der Waals surface area contributed by atoms with E-state index in [0.29, 0.717) is 22.0 Å². The van der Waals surface area contributed by atoms with Crippen molar-refractivity contribution < 1.29 is 18.7 Å². The third-order valence-electron chi connectivity index (χ3n) is 2.90. The van der Waals surface area contributed by atoms with Gasteiger partial charge in [-0.25, -0.2) is 4.39 Å². The molecule has 0 N–H and O–H groups in total. The Balaban J connectivity index is 2.09. The fraction of sp³-hybridized carbons (Fsp3) is 0.188. The summed E-state index contributed by atoms with van der Waals surface area (Å²) in [6.45, 7) is 0. The normalized spacial score (nSPS) is 10.2. The molecule has 0 fully saturated rings. The zero-order valence-electron chi connectivity index (χ0n) is 11.8. The van der Waals surface area contributed by atoms with Crippen LogP contribution in [0.3, 0.4) is 0 Å². The molecule has 0 spiro atoms. The van der Waals surface area contributed by atoms with Crippen LogP contribution < -0.4 is 9.47 Å². The number of carbonyl (C=O) groups excluding carboxylic acids is 1. The summed E-state index contributed by atoms with van der Waals surface area (Å²) in [5.41, 5.74) is 0.511. The van der Waals surface area contributed by atoms with Gasteiger partial charge in [-0.05, 0) is 30.3 Å². The molecule has 0 saturated heterocycles. The van der Waals surface area contributed by atoms with Crippen molar-refractivity contribution in [2.24, 2.45) is 0 Å². The Morgan fingerprint density at radius 1 is 1.10 bits per heavy atom. The summed E-state index contributed by atoms with van der Waals surface area (Å²) in [5.74, 6) is 0.818. The Hall–Kier alpha value is -2.01. The molecule has 0 aliphatic carbocycles. The van der Waals surface area contributed by atoms with E-state index in [4.69, 9.17) is 9.47 Å². The second-order valence-electron chi connectivity index (χ2n) is 4.21. The van der Waals surface area contributed by atoms with E-state index >= 15 is 0 Å². The van der Waals surface area contributed by atoms with E-state index in [0.717, 1.165) is 0 Å². The van der Waals surface area contributed by atoms with Crippen LogP contribution in [0.1, 0.15) is 10.4 Å². The van der Waals surface area contributed by atoms with Gasteiger partial charge >= 0.3 is 0 Å². The third kappa shape index (κ3) is 3.76. The molecule has 0 unspecified atom stereocenters. The highest BCUT2D eigenvalue weighted by molar-refractivity contribution is 8.00. The molecule has 21 heavy (non-hydrogen) atoms. The quantitative estimate of drug-likeness (QED) is 0.600. The fourth-order valence-electron chi connectivity index (χ4n) is 1.80. The SMILES string of the molecule is COc1ccc(C(=O)CSc2ccccc2F)cc1OC. The fourth-order valence-corrected chi connectivity index (χ4v) is 2.63. The first kappa shape index (κ1) is 15.4. The first-order chi connectivity index (χ1) is 10.2. The minimum absolute atomic E-state index is 0.0933. The van der Waals surface area contributed by atoms with Gasteiger partial charge in [0.25, 0.3) is 0 Å². The van der Waals surface area contributed by atoms with E-state index in [1.54, 1.807) is 36.4 Å².